The molecule has 12 atom stereocenters. The molecule has 1 aliphatic rings. The molecule has 1 aromatic rings. The maximum Gasteiger partial charge on any atom is 0.336 e. The van der Waals surface area contributed by atoms with Crippen LogP contribution in [0.2, 0.25) is 61.9 Å². The Kier molecular flexibility index (Phi) is 26.8. The number of allylic oxidation sites excluding steroid dienone is 4. The lowest BCUT2D eigenvalue weighted by molar-refractivity contribution is -0.173. The van der Waals surface area contributed by atoms with Gasteiger partial charge in [-0.25, -0.2) is 4.79 Å². The van der Waals surface area contributed by atoms with Gasteiger partial charge in [-0.3, -0.25) is 9.59 Å². The van der Waals surface area contributed by atoms with Gasteiger partial charge in [0.1, 0.15) is 24.5 Å². The fourth-order valence-corrected chi connectivity index (χ4v) is 12.3. The van der Waals surface area contributed by atoms with Crippen LogP contribution in [0.3, 0.4) is 0 Å². The Morgan fingerprint density at radius 1 is 0.827 bits per heavy atom. The number of Topliss-reactive ketones (excluding diaryl/α,β-unsaturated/α-hetero) is 2. The number of cyclic esters (lactones) is 1. The van der Waals surface area contributed by atoms with Gasteiger partial charge in [-0.15, -0.1) is 0 Å². The van der Waals surface area contributed by atoms with Crippen LogP contribution < -0.4 is 9.47 Å². The van der Waals surface area contributed by atoms with Crippen LogP contribution in [0.4, 0.5) is 0 Å². The maximum absolute atomic E-state index is 15.2. The van der Waals surface area contributed by atoms with Crippen molar-refractivity contribution in [3.63, 3.8) is 0 Å². The number of ketones is 2. The summed E-state index contributed by atoms with van der Waals surface area (Å²) in [6.45, 7) is 43.3. The molecule has 0 aliphatic carbocycles. The van der Waals surface area contributed by atoms with Crippen LogP contribution in [0.1, 0.15) is 109 Å². The van der Waals surface area contributed by atoms with E-state index in [0.29, 0.717) is 23.7 Å². The first-order valence-corrected chi connectivity index (χ1v) is 36.8. The predicted octanol–water partition coefficient (Wildman–Crippen LogP) is 12.8. The topological polar surface area (TPSA) is 155 Å². The van der Waals surface area contributed by atoms with Gasteiger partial charge < -0.3 is 47.1 Å². The first-order chi connectivity index (χ1) is 34.5. The molecule has 0 bridgehead atoms. The second kappa shape index (κ2) is 29.4. The van der Waals surface area contributed by atoms with Crippen LogP contribution in [0.25, 0.3) is 0 Å². The van der Waals surface area contributed by atoms with E-state index >= 15 is 9.59 Å². The number of aliphatic hydroxyl groups is 1. The molecule has 0 radical (unpaired) electrons. The SMILES string of the molecule is C/C=C\[C@H](C)/C=C(\C)[C@@H](O)[C@H]1COC(=O)[C@H](O[Si](C)(C)C(C)(C)C)[C@@H](OC)[C@H](C)C(=O)[C@H](C)[C@@H](O[Si](C)(C)C(C)(C)C)/C(C)=C/[C@H](C)C(=O)C[C@H](OCOCC[Si](C)(C)C)[C@@H](C)[C@@H]1OCc1ccc(OC)c(OC)c1. The van der Waals surface area contributed by atoms with Gasteiger partial charge in [-0.05, 0) is 97.8 Å². The Labute approximate surface area is 457 Å². The maximum atomic E-state index is 15.2. The minimum atomic E-state index is -2.79. The molecule has 0 saturated carbocycles. The lowest BCUT2D eigenvalue weighted by Crippen LogP contribution is -2.55. The van der Waals surface area contributed by atoms with Crippen LogP contribution >= 0.6 is 0 Å². The fraction of sp³-hybridized carbons (Fsp3) is 0.746. The van der Waals surface area contributed by atoms with E-state index in [2.05, 4.69) is 87.4 Å². The van der Waals surface area contributed by atoms with E-state index in [4.69, 9.17) is 42.0 Å². The molecule has 0 aromatic heterocycles. The molecule has 16 heteroatoms. The Hall–Kier alpha value is -2.78. The molecule has 430 valence electrons. The number of methoxy groups -OCH3 is 3. The Morgan fingerprint density at radius 3 is 1.92 bits per heavy atom. The molecule has 1 heterocycles. The summed E-state index contributed by atoms with van der Waals surface area (Å²) in [6.07, 6.45) is 1.87. The molecule has 75 heavy (non-hydrogen) atoms. The van der Waals surface area contributed by atoms with Crippen LogP contribution in [0, 0.1) is 35.5 Å². The zero-order valence-corrected chi connectivity index (χ0v) is 54.1. The first-order valence-electron chi connectivity index (χ1n) is 27.3. The Bertz CT molecular complexity index is 2060. The van der Waals surface area contributed by atoms with Crippen molar-refractivity contribution in [2.75, 3.05) is 41.3 Å². The van der Waals surface area contributed by atoms with Gasteiger partial charge in [-0.2, -0.15) is 0 Å². The third-order valence-electron chi connectivity index (χ3n) is 16.1. The van der Waals surface area contributed by atoms with Crippen molar-refractivity contribution in [3.8, 4) is 11.5 Å². The average molecular weight is 1110 g/mol. The first kappa shape index (κ1) is 68.3. The smallest absolute Gasteiger partial charge is 0.336 e. The largest absolute Gasteiger partial charge is 0.493 e. The quantitative estimate of drug-likeness (QED) is 0.0433. The van der Waals surface area contributed by atoms with Crippen LogP contribution in [0.5, 0.6) is 11.5 Å². The normalized spacial score (nSPS) is 27.8. The molecule has 0 unspecified atom stereocenters. The molecule has 2 rings (SSSR count). The molecule has 0 amide bonds. The minimum absolute atomic E-state index is 0.0342. The highest BCUT2D eigenvalue weighted by atomic mass is 28.4. The molecule has 0 spiro atoms. The number of benzene rings is 1. The van der Waals surface area contributed by atoms with Crippen molar-refractivity contribution < 1.29 is 61.5 Å². The van der Waals surface area contributed by atoms with Gasteiger partial charge in [0, 0.05) is 57.8 Å². The lowest BCUT2D eigenvalue weighted by atomic mass is 9.80. The Balaban J connectivity index is 3.17. The molecule has 0 saturated heterocycles. The minimum Gasteiger partial charge on any atom is -0.493 e. The third kappa shape index (κ3) is 20.1. The van der Waals surface area contributed by atoms with Gasteiger partial charge >= 0.3 is 5.97 Å². The fourth-order valence-electron chi connectivity index (χ4n) is 8.95. The van der Waals surface area contributed by atoms with Gasteiger partial charge in [0.05, 0.1) is 51.8 Å². The number of hydrogen-bond donors (Lipinski definition) is 1. The van der Waals surface area contributed by atoms with Gasteiger partial charge in [0.25, 0.3) is 0 Å². The highest BCUT2D eigenvalue weighted by Gasteiger charge is 2.49. The standard InChI is InChI=1S/C59H104O13Si3/c1-25-26-38(2)31-40(4)51(61)46-36-69-57(63)56(72-75(23,24)59(12,13)14)55(66-17)44(8)52(62)43(7)53(71-74(21,22)58(9,10)11)41(5)32-39(3)47(60)34-49(70-37-67-29-30-73(18,19)20)42(6)54(46)68-35-45-27-28-48(64-15)50(33-45)65-16/h25-28,31-33,38-39,42-44,46,49,51,53-56,61H,29-30,34-37H2,1-24H3/b26-25-,40-31+,41-32+/t38-,39-,42+,43-,44+,46+,49-,51+,53-,54-,55-,56+/m0/s1. The molecule has 1 aliphatic heterocycles. The van der Waals surface area contributed by atoms with E-state index in [1.54, 1.807) is 27.2 Å². The second-order valence-electron chi connectivity index (χ2n) is 25.5. The van der Waals surface area contributed by atoms with Crippen molar-refractivity contribution in [2.24, 2.45) is 35.5 Å². The summed E-state index contributed by atoms with van der Waals surface area (Å²) < 4.78 is 58.0. The third-order valence-corrected chi connectivity index (χ3v) is 26.7. The zero-order valence-electron chi connectivity index (χ0n) is 51.1. The second-order valence-corrected chi connectivity index (χ2v) is 40.7. The molecular weight excluding hydrogens is 1000 g/mol. The van der Waals surface area contributed by atoms with Crippen LogP contribution in [-0.4, -0.2) is 125 Å². The highest BCUT2D eigenvalue weighted by molar-refractivity contribution is 6.76. The van der Waals surface area contributed by atoms with E-state index in [0.717, 1.165) is 17.2 Å². The number of aliphatic hydroxyl groups excluding tert-OH is 1. The summed E-state index contributed by atoms with van der Waals surface area (Å²) in [5, 5.41) is 12.2. The number of esters is 1. The van der Waals surface area contributed by atoms with Crippen molar-refractivity contribution in [2.45, 2.75) is 209 Å². The number of ether oxygens (including phenoxy) is 7. The highest BCUT2D eigenvalue weighted by Crippen LogP contribution is 2.42. The number of carbonyl (C=O) groups excluding carboxylic acids is 3. The summed E-state index contributed by atoms with van der Waals surface area (Å²) in [5.74, 6) is -3.70. The van der Waals surface area contributed by atoms with E-state index in [-0.39, 0.29) is 54.0 Å². The molecule has 1 aromatic carbocycles. The van der Waals surface area contributed by atoms with Crippen molar-refractivity contribution in [1.29, 1.82) is 0 Å². The number of carbonyl (C=O) groups is 3. The summed E-state index contributed by atoms with van der Waals surface area (Å²) in [4.78, 5) is 45.3. The van der Waals surface area contributed by atoms with Gasteiger partial charge in [-0.1, -0.05) is 126 Å². The van der Waals surface area contributed by atoms with Gasteiger partial charge in [0.2, 0.25) is 0 Å². The molecular formula is C59H104O13Si3. The summed E-state index contributed by atoms with van der Waals surface area (Å²) >= 11 is 0. The van der Waals surface area contributed by atoms with Crippen LogP contribution in [0.15, 0.2) is 53.6 Å². The number of rotatable bonds is 20. The summed E-state index contributed by atoms with van der Waals surface area (Å²) in [7, 11) is -2.14. The van der Waals surface area contributed by atoms with E-state index < -0.39 is 96.9 Å². The molecule has 1 N–H and O–H groups in total. The van der Waals surface area contributed by atoms with E-state index in [9.17, 15) is 9.90 Å². The average Bonchev–Trinajstić information content (AvgIpc) is 3.30. The van der Waals surface area contributed by atoms with Gasteiger partial charge in [0.15, 0.2) is 34.2 Å². The van der Waals surface area contributed by atoms with Crippen molar-refractivity contribution >= 4 is 42.2 Å². The Morgan fingerprint density at radius 2 is 1.40 bits per heavy atom. The van der Waals surface area contributed by atoms with Crippen molar-refractivity contribution in [1.82, 2.24) is 0 Å². The predicted molar refractivity (Wildman–Crippen MR) is 310 cm³/mol. The van der Waals surface area contributed by atoms with E-state index in [1.165, 1.54) is 7.11 Å². The molecule has 0 fully saturated rings. The summed E-state index contributed by atoms with van der Waals surface area (Å²) in [6, 6.07) is 6.43. The monoisotopic (exact) mass is 1100 g/mol. The van der Waals surface area contributed by atoms with Crippen LogP contribution in [-0.2, 0) is 53.5 Å². The van der Waals surface area contributed by atoms with Crippen molar-refractivity contribution in [3.05, 3.63) is 59.2 Å². The van der Waals surface area contributed by atoms with E-state index in [1.807, 2.05) is 84.9 Å². The lowest BCUT2D eigenvalue weighted by Gasteiger charge is -2.43. The summed E-state index contributed by atoms with van der Waals surface area (Å²) in [5.41, 5.74) is 2.15. The molecule has 13 nitrogen and oxygen atoms in total. The number of hydrogen-bond acceptors (Lipinski definition) is 13. The zero-order chi connectivity index (χ0) is 57.6.